The lowest BCUT2D eigenvalue weighted by Gasteiger charge is -2.14. The molecule has 20 heavy (non-hydrogen) atoms. The molecule has 0 saturated heterocycles. The van der Waals surface area contributed by atoms with Crippen LogP contribution in [0.15, 0.2) is 36.4 Å². The molecule has 2 aromatic rings. The van der Waals surface area contributed by atoms with E-state index in [0.29, 0.717) is 0 Å². The van der Waals surface area contributed by atoms with E-state index in [9.17, 15) is 17.6 Å². The molecular weight excluding hydrogens is 276 g/mol. The lowest BCUT2D eigenvalue weighted by molar-refractivity contribution is -0.138. The maximum Gasteiger partial charge on any atom is 0.419 e. The zero-order valence-corrected chi connectivity index (χ0v) is 10.3. The molecule has 0 aliphatic heterocycles. The molecule has 0 radical (unpaired) electrons. The molecule has 0 bridgehead atoms. The van der Waals surface area contributed by atoms with Crippen LogP contribution in [0.3, 0.4) is 0 Å². The zero-order valence-electron chi connectivity index (χ0n) is 10.3. The lowest BCUT2D eigenvalue weighted by Crippen LogP contribution is -2.07. The number of hydrogen-bond donors (Lipinski definition) is 1. The standard InChI is InChI=1S/C14H10F4O2/c1-20-13-5-2-8(6-11(13)14(16,17)18)10-4-3-9(19)7-12(10)15/h2-7,19H,1H3. The Hall–Kier alpha value is -2.24. The average molecular weight is 286 g/mol. The van der Waals surface area contributed by atoms with Gasteiger partial charge >= 0.3 is 6.18 Å². The van der Waals surface area contributed by atoms with Gasteiger partial charge in [0.25, 0.3) is 0 Å². The fraction of sp³-hybridized carbons (Fsp3) is 0.143. The Kier molecular flexibility index (Phi) is 3.57. The highest BCUT2D eigenvalue weighted by Crippen LogP contribution is 2.39. The van der Waals surface area contributed by atoms with Crippen LogP contribution in [-0.4, -0.2) is 12.2 Å². The van der Waals surface area contributed by atoms with Gasteiger partial charge in [-0.05, 0) is 29.8 Å². The predicted molar refractivity (Wildman–Crippen MR) is 65.1 cm³/mol. The monoisotopic (exact) mass is 286 g/mol. The Bertz CT molecular complexity index is 636. The van der Waals surface area contributed by atoms with Gasteiger partial charge < -0.3 is 9.84 Å². The Balaban J connectivity index is 2.59. The Morgan fingerprint density at radius 1 is 1.05 bits per heavy atom. The summed E-state index contributed by atoms with van der Waals surface area (Å²) in [4.78, 5) is 0. The number of rotatable bonds is 2. The Morgan fingerprint density at radius 3 is 2.30 bits per heavy atom. The van der Waals surface area contributed by atoms with E-state index in [-0.39, 0.29) is 22.6 Å². The van der Waals surface area contributed by atoms with Crippen LogP contribution in [0.25, 0.3) is 11.1 Å². The summed E-state index contributed by atoms with van der Waals surface area (Å²) in [5.74, 6) is -1.43. The molecule has 1 N–H and O–H groups in total. The summed E-state index contributed by atoms with van der Waals surface area (Å²) in [6.45, 7) is 0. The second-order valence-electron chi connectivity index (χ2n) is 4.08. The molecule has 2 nitrogen and oxygen atoms in total. The molecule has 0 saturated carbocycles. The first-order chi connectivity index (χ1) is 9.32. The van der Waals surface area contributed by atoms with Crippen LogP contribution in [-0.2, 0) is 6.18 Å². The third-order valence-corrected chi connectivity index (χ3v) is 2.77. The van der Waals surface area contributed by atoms with Crippen LogP contribution >= 0.6 is 0 Å². The molecule has 0 amide bonds. The van der Waals surface area contributed by atoms with E-state index in [4.69, 9.17) is 5.11 Å². The Morgan fingerprint density at radius 2 is 1.75 bits per heavy atom. The van der Waals surface area contributed by atoms with Gasteiger partial charge in [-0.1, -0.05) is 6.07 Å². The molecule has 0 aliphatic carbocycles. The minimum absolute atomic E-state index is 0.0315. The van der Waals surface area contributed by atoms with Gasteiger partial charge in [0, 0.05) is 11.6 Å². The third-order valence-electron chi connectivity index (χ3n) is 2.77. The van der Waals surface area contributed by atoms with Crippen LogP contribution in [0.1, 0.15) is 5.56 Å². The number of alkyl halides is 3. The SMILES string of the molecule is COc1ccc(-c2ccc(O)cc2F)cc1C(F)(F)F. The van der Waals surface area contributed by atoms with Crippen molar-refractivity contribution >= 4 is 0 Å². The van der Waals surface area contributed by atoms with Gasteiger partial charge in [0.15, 0.2) is 0 Å². The van der Waals surface area contributed by atoms with Gasteiger partial charge in [-0.3, -0.25) is 0 Å². The maximum atomic E-state index is 13.7. The number of phenols is 1. The van der Waals surface area contributed by atoms with Crippen molar-refractivity contribution < 1.29 is 27.4 Å². The van der Waals surface area contributed by atoms with Crippen molar-refractivity contribution in [2.45, 2.75) is 6.18 Å². The quantitative estimate of drug-likeness (QED) is 0.837. The highest BCUT2D eigenvalue weighted by molar-refractivity contribution is 5.67. The molecule has 0 heterocycles. The molecular formula is C14H10F4O2. The molecule has 0 aliphatic rings. The summed E-state index contributed by atoms with van der Waals surface area (Å²) in [5.41, 5.74) is -0.962. The van der Waals surface area contributed by atoms with Crippen molar-refractivity contribution in [3.63, 3.8) is 0 Å². The second-order valence-corrected chi connectivity index (χ2v) is 4.08. The van der Waals surface area contributed by atoms with E-state index < -0.39 is 17.6 Å². The normalized spacial score (nSPS) is 11.4. The van der Waals surface area contributed by atoms with Gasteiger partial charge in [-0.15, -0.1) is 0 Å². The number of hydrogen-bond acceptors (Lipinski definition) is 2. The fourth-order valence-electron chi connectivity index (χ4n) is 1.84. The zero-order chi connectivity index (χ0) is 14.9. The summed E-state index contributed by atoms with van der Waals surface area (Å²) in [5, 5.41) is 9.11. The smallest absolute Gasteiger partial charge is 0.419 e. The van der Waals surface area contributed by atoms with Crippen molar-refractivity contribution in [2.75, 3.05) is 7.11 Å². The number of halogens is 4. The molecule has 0 atom stereocenters. The largest absolute Gasteiger partial charge is 0.508 e. The molecule has 0 aromatic heterocycles. The summed E-state index contributed by atoms with van der Waals surface area (Å²) in [6.07, 6.45) is -4.60. The average Bonchev–Trinajstić information content (AvgIpc) is 2.37. The van der Waals surface area contributed by atoms with Gasteiger partial charge in [0.2, 0.25) is 0 Å². The molecule has 0 spiro atoms. The van der Waals surface area contributed by atoms with Crippen LogP contribution in [0.5, 0.6) is 11.5 Å². The van der Waals surface area contributed by atoms with Gasteiger partial charge in [0.1, 0.15) is 17.3 Å². The fourth-order valence-corrected chi connectivity index (χ4v) is 1.84. The summed E-state index contributed by atoms with van der Waals surface area (Å²) >= 11 is 0. The van der Waals surface area contributed by atoms with Crippen LogP contribution in [0.4, 0.5) is 17.6 Å². The highest BCUT2D eigenvalue weighted by Gasteiger charge is 2.34. The van der Waals surface area contributed by atoms with Crippen molar-refractivity contribution in [3.8, 4) is 22.6 Å². The van der Waals surface area contributed by atoms with E-state index >= 15 is 0 Å². The second kappa shape index (κ2) is 5.03. The number of benzene rings is 2. The first kappa shape index (κ1) is 14.2. The van der Waals surface area contributed by atoms with E-state index in [1.807, 2.05) is 0 Å². The predicted octanol–water partition coefficient (Wildman–Crippen LogP) is 4.23. The number of phenolic OH excluding ortho intramolecular Hbond substituents is 1. The van der Waals surface area contributed by atoms with Crippen LogP contribution in [0, 0.1) is 5.82 Å². The molecule has 0 fully saturated rings. The van der Waals surface area contributed by atoms with Crippen molar-refractivity contribution in [1.82, 2.24) is 0 Å². The first-order valence-electron chi connectivity index (χ1n) is 5.57. The third kappa shape index (κ3) is 2.68. The molecule has 2 aromatic carbocycles. The Labute approximate surface area is 112 Å². The molecule has 106 valence electrons. The van der Waals surface area contributed by atoms with Crippen molar-refractivity contribution in [1.29, 1.82) is 0 Å². The first-order valence-corrected chi connectivity index (χ1v) is 5.57. The number of ether oxygens (including phenoxy) is 1. The van der Waals surface area contributed by atoms with E-state index in [0.717, 1.165) is 25.3 Å². The summed E-state index contributed by atoms with van der Waals surface area (Å²) < 4.78 is 57.0. The van der Waals surface area contributed by atoms with Crippen molar-refractivity contribution in [3.05, 3.63) is 47.8 Å². The minimum Gasteiger partial charge on any atom is -0.508 e. The van der Waals surface area contributed by atoms with Crippen LogP contribution in [0.2, 0.25) is 0 Å². The van der Waals surface area contributed by atoms with Gasteiger partial charge in [-0.25, -0.2) is 4.39 Å². The van der Waals surface area contributed by atoms with E-state index in [1.165, 1.54) is 18.2 Å². The van der Waals surface area contributed by atoms with Crippen LogP contribution < -0.4 is 4.74 Å². The van der Waals surface area contributed by atoms with Crippen molar-refractivity contribution in [2.24, 2.45) is 0 Å². The topological polar surface area (TPSA) is 29.5 Å². The lowest BCUT2D eigenvalue weighted by atomic mass is 10.0. The number of methoxy groups -OCH3 is 1. The summed E-state index contributed by atoms with van der Waals surface area (Å²) in [7, 11) is 1.13. The van der Waals surface area contributed by atoms with E-state index in [2.05, 4.69) is 4.74 Å². The van der Waals surface area contributed by atoms with E-state index in [1.54, 1.807) is 0 Å². The molecule has 6 heteroatoms. The summed E-state index contributed by atoms with van der Waals surface area (Å²) in [6, 6.07) is 6.53. The highest BCUT2D eigenvalue weighted by atomic mass is 19.4. The minimum atomic E-state index is -4.60. The molecule has 2 rings (SSSR count). The maximum absolute atomic E-state index is 13.7. The van der Waals surface area contributed by atoms with Gasteiger partial charge in [0.05, 0.1) is 12.7 Å². The number of aromatic hydroxyl groups is 1. The molecule has 0 unspecified atom stereocenters. The van der Waals surface area contributed by atoms with Gasteiger partial charge in [-0.2, -0.15) is 13.2 Å².